The molecule has 2 amide bonds. The average Bonchev–Trinajstić information content (AvgIpc) is 3.07. The summed E-state index contributed by atoms with van der Waals surface area (Å²) < 4.78 is 48.4. The summed E-state index contributed by atoms with van der Waals surface area (Å²) in [7, 11) is -2.02. The summed E-state index contributed by atoms with van der Waals surface area (Å²) in [5.74, 6) is 2.28. The van der Waals surface area contributed by atoms with E-state index in [4.69, 9.17) is 25.4 Å². The zero-order chi connectivity index (χ0) is 35.9. The van der Waals surface area contributed by atoms with E-state index in [0.29, 0.717) is 69.7 Å². The molecule has 1 aromatic heterocycles. The number of esters is 1. The molecule has 0 spiro atoms. The van der Waals surface area contributed by atoms with Crippen molar-refractivity contribution in [3.63, 3.8) is 0 Å². The third-order valence-electron chi connectivity index (χ3n) is 7.67. The van der Waals surface area contributed by atoms with Crippen LogP contribution >= 0.6 is 0 Å². The lowest BCUT2D eigenvalue weighted by Gasteiger charge is -2.31. The highest BCUT2D eigenvalue weighted by atomic mass is 32.2. The number of aromatic nitrogens is 1. The third-order valence-corrected chi connectivity index (χ3v) is 9.62. The molecule has 14 heteroatoms. The minimum Gasteiger partial charge on any atom is -0.484 e. The van der Waals surface area contributed by atoms with E-state index in [1.54, 1.807) is 30.3 Å². The minimum atomic E-state index is -3.30. The Labute approximate surface area is 289 Å². The van der Waals surface area contributed by atoms with E-state index in [1.165, 1.54) is 23.7 Å². The van der Waals surface area contributed by atoms with Gasteiger partial charge in [-0.1, -0.05) is 26.8 Å². The summed E-state index contributed by atoms with van der Waals surface area (Å²) in [6, 6.07) is 9.00. The third kappa shape index (κ3) is 14.1. The number of carbonyl (C=O) groups excluding carboxylic acids is 3. The highest BCUT2D eigenvalue weighted by molar-refractivity contribution is 7.89. The van der Waals surface area contributed by atoms with Gasteiger partial charge in [-0.15, -0.1) is 12.3 Å². The van der Waals surface area contributed by atoms with Crippen molar-refractivity contribution in [2.24, 2.45) is 5.41 Å². The van der Waals surface area contributed by atoms with Crippen LogP contribution < -0.4 is 20.1 Å². The van der Waals surface area contributed by atoms with Gasteiger partial charge in [-0.3, -0.25) is 9.59 Å². The number of nitrogens with one attached hydrogen (secondary N) is 2. The normalized spacial score (nSPS) is 14.7. The summed E-state index contributed by atoms with van der Waals surface area (Å²) in [5.41, 5.74) is 0.247. The molecule has 1 atom stereocenters. The Hall–Kier alpha value is -4.19. The van der Waals surface area contributed by atoms with Gasteiger partial charge >= 0.3 is 5.97 Å². The molecular weight excluding hydrogens is 652 g/mol. The van der Waals surface area contributed by atoms with Crippen LogP contribution in [0.3, 0.4) is 0 Å². The Morgan fingerprint density at radius 1 is 1.12 bits per heavy atom. The predicted octanol–water partition coefficient (Wildman–Crippen LogP) is 3.69. The predicted molar refractivity (Wildman–Crippen MR) is 184 cm³/mol. The molecule has 2 N–H and O–H groups in total. The first-order valence-corrected chi connectivity index (χ1v) is 18.0. The standard InChI is InChI=1S/C35H48N4O9S/c1-6-7-8-22-49(43,44)39-19-15-27(16-20-39)46-21-18-36-31(40)25-47-28-10-9-11-29(23-28)48-32-13-12-26(24-37-32)33(41)38-30(34(42)45-5)14-17-35(2,3)4/h1,9-13,23-24,27,30H,7-8,14-22,25H2,2-5H3,(H,36,40)(H,38,41)/t30-/m0/s1. The van der Waals surface area contributed by atoms with Gasteiger partial charge in [-0.2, -0.15) is 0 Å². The molecule has 3 rings (SSSR count). The molecule has 49 heavy (non-hydrogen) atoms. The van der Waals surface area contributed by atoms with Crippen molar-refractivity contribution in [1.29, 1.82) is 0 Å². The van der Waals surface area contributed by atoms with Gasteiger partial charge in [0.1, 0.15) is 17.5 Å². The summed E-state index contributed by atoms with van der Waals surface area (Å²) in [4.78, 5) is 41.5. The van der Waals surface area contributed by atoms with Crippen LogP contribution in [0, 0.1) is 17.8 Å². The number of sulfonamides is 1. The molecule has 1 aromatic carbocycles. The minimum absolute atomic E-state index is 0.0118. The molecule has 2 heterocycles. The summed E-state index contributed by atoms with van der Waals surface area (Å²) in [5, 5.41) is 5.47. The van der Waals surface area contributed by atoms with E-state index in [0.717, 1.165) is 0 Å². The first-order chi connectivity index (χ1) is 23.3. The molecule has 0 bridgehead atoms. The zero-order valence-corrected chi connectivity index (χ0v) is 29.6. The molecule has 0 aliphatic carbocycles. The summed E-state index contributed by atoms with van der Waals surface area (Å²) in [6.07, 6.45) is 9.73. The van der Waals surface area contributed by atoms with Crippen molar-refractivity contribution >= 4 is 27.8 Å². The number of unbranched alkanes of at least 4 members (excludes halogenated alkanes) is 1. The van der Waals surface area contributed by atoms with Gasteiger partial charge in [0.15, 0.2) is 6.61 Å². The van der Waals surface area contributed by atoms with E-state index in [2.05, 4.69) is 42.3 Å². The lowest BCUT2D eigenvalue weighted by molar-refractivity contribution is -0.143. The maximum atomic E-state index is 12.8. The molecule has 0 unspecified atom stereocenters. The van der Waals surface area contributed by atoms with Crippen LogP contribution in [0.15, 0.2) is 42.6 Å². The Bertz CT molecular complexity index is 1530. The topological polar surface area (TPSA) is 162 Å². The number of methoxy groups -OCH3 is 1. The maximum Gasteiger partial charge on any atom is 0.328 e. The summed E-state index contributed by atoms with van der Waals surface area (Å²) in [6.45, 7) is 7.35. The second-order valence-corrected chi connectivity index (χ2v) is 14.9. The second-order valence-electron chi connectivity index (χ2n) is 12.8. The number of ether oxygens (including phenoxy) is 4. The van der Waals surface area contributed by atoms with Gasteiger partial charge in [0.2, 0.25) is 15.9 Å². The van der Waals surface area contributed by atoms with E-state index < -0.39 is 27.9 Å². The fourth-order valence-corrected chi connectivity index (χ4v) is 6.45. The van der Waals surface area contributed by atoms with E-state index in [-0.39, 0.29) is 47.8 Å². The maximum absolute atomic E-state index is 12.8. The quantitative estimate of drug-likeness (QED) is 0.133. The van der Waals surface area contributed by atoms with Crippen LogP contribution in [0.25, 0.3) is 0 Å². The number of terminal acetylenes is 1. The van der Waals surface area contributed by atoms with Crippen LogP contribution in [-0.2, 0) is 29.1 Å². The van der Waals surface area contributed by atoms with Crippen molar-refractivity contribution in [2.45, 2.75) is 71.4 Å². The zero-order valence-electron chi connectivity index (χ0n) is 28.7. The Morgan fingerprint density at radius 2 is 1.86 bits per heavy atom. The lowest BCUT2D eigenvalue weighted by atomic mass is 9.88. The number of pyridine rings is 1. The monoisotopic (exact) mass is 700 g/mol. The van der Waals surface area contributed by atoms with Crippen molar-refractivity contribution in [3.8, 4) is 29.7 Å². The van der Waals surface area contributed by atoms with Gasteiger partial charge in [-0.25, -0.2) is 22.5 Å². The highest BCUT2D eigenvalue weighted by Crippen LogP contribution is 2.25. The fourth-order valence-electron chi connectivity index (χ4n) is 4.91. The molecule has 1 aliphatic rings. The number of carbonyl (C=O) groups is 3. The second kappa shape index (κ2) is 19.1. The molecule has 13 nitrogen and oxygen atoms in total. The first kappa shape index (κ1) is 39.3. The number of benzene rings is 1. The molecule has 0 radical (unpaired) electrons. The van der Waals surface area contributed by atoms with Gasteiger partial charge in [0.05, 0.1) is 31.1 Å². The molecule has 268 valence electrons. The number of hydrogen-bond donors (Lipinski definition) is 2. The fraction of sp³-hybridized carbons (Fsp3) is 0.543. The van der Waals surface area contributed by atoms with Gasteiger partial charge in [0.25, 0.3) is 11.8 Å². The smallest absolute Gasteiger partial charge is 0.328 e. The van der Waals surface area contributed by atoms with Gasteiger partial charge in [0, 0.05) is 44.4 Å². The molecule has 1 saturated heterocycles. The molecule has 0 saturated carbocycles. The number of hydrogen-bond acceptors (Lipinski definition) is 10. The molecule has 2 aromatic rings. The lowest BCUT2D eigenvalue weighted by Crippen LogP contribution is -2.42. The van der Waals surface area contributed by atoms with Crippen molar-refractivity contribution in [3.05, 3.63) is 48.2 Å². The average molecular weight is 701 g/mol. The van der Waals surface area contributed by atoms with Crippen LogP contribution in [0.4, 0.5) is 0 Å². The molecule has 1 fully saturated rings. The van der Waals surface area contributed by atoms with Gasteiger partial charge < -0.3 is 29.6 Å². The Balaban J connectivity index is 1.38. The van der Waals surface area contributed by atoms with Crippen molar-refractivity contribution < 1.29 is 41.7 Å². The van der Waals surface area contributed by atoms with Crippen molar-refractivity contribution in [1.82, 2.24) is 19.9 Å². The number of nitrogens with zero attached hydrogens (tertiary/aromatic N) is 2. The van der Waals surface area contributed by atoms with Crippen LogP contribution in [0.2, 0.25) is 0 Å². The number of amides is 2. The number of rotatable bonds is 18. The Kier molecular flexibility index (Phi) is 15.3. The van der Waals surface area contributed by atoms with E-state index in [9.17, 15) is 22.8 Å². The van der Waals surface area contributed by atoms with E-state index >= 15 is 0 Å². The van der Waals surface area contributed by atoms with Crippen LogP contribution in [0.1, 0.15) is 69.7 Å². The Morgan fingerprint density at radius 3 is 2.51 bits per heavy atom. The van der Waals surface area contributed by atoms with Crippen LogP contribution in [-0.4, -0.2) is 93.3 Å². The number of piperidine rings is 1. The molecule has 1 aliphatic heterocycles. The van der Waals surface area contributed by atoms with Gasteiger partial charge in [-0.05, 0) is 55.7 Å². The SMILES string of the molecule is C#CCCCS(=O)(=O)N1CCC(OCCNC(=O)COc2cccc(Oc3ccc(C(=O)N[C@@H](CCC(C)(C)C)C(=O)OC)cn3)c2)CC1. The molecular formula is C35H48N4O9S. The largest absolute Gasteiger partial charge is 0.484 e. The summed E-state index contributed by atoms with van der Waals surface area (Å²) >= 11 is 0. The highest BCUT2D eigenvalue weighted by Gasteiger charge is 2.28. The van der Waals surface area contributed by atoms with E-state index in [1.807, 2.05) is 0 Å². The van der Waals surface area contributed by atoms with Crippen molar-refractivity contribution in [2.75, 3.05) is 45.7 Å². The first-order valence-electron chi connectivity index (χ1n) is 16.3. The van der Waals surface area contributed by atoms with Crippen LogP contribution in [0.5, 0.6) is 17.4 Å².